The molecule has 0 radical (unpaired) electrons. The Labute approximate surface area is 181 Å². The number of unbranched alkanes of at least 4 members (excludes halogenated alkanes) is 2. The average molecular weight is 344 g/mol. The van der Waals surface area contributed by atoms with Crippen molar-refractivity contribution in [2.45, 2.75) is 39.5 Å². The molecule has 0 heterocycles. The Balaban J connectivity index is 0. The number of hydrogen-bond donors (Lipinski definition) is 0. The summed E-state index contributed by atoms with van der Waals surface area (Å²) >= 11 is 0. The van der Waals surface area contributed by atoms with Gasteiger partial charge in [-0.1, -0.05) is 51.0 Å². The summed E-state index contributed by atoms with van der Waals surface area (Å²) in [5, 5.41) is 21.5. The van der Waals surface area contributed by atoms with Crippen LogP contribution in [0.25, 0.3) is 0 Å². The fourth-order valence-electron chi connectivity index (χ4n) is 1.77. The summed E-state index contributed by atoms with van der Waals surface area (Å²) in [6.07, 6.45) is 4.32. The van der Waals surface area contributed by atoms with Gasteiger partial charge in [0.15, 0.2) is 0 Å². The molecule has 0 aliphatic heterocycles. The Morgan fingerprint density at radius 3 is 1.73 bits per heavy atom. The minimum absolute atomic E-state index is 0. The maximum atomic E-state index is 10.8. The fourth-order valence-corrected chi connectivity index (χ4v) is 1.77. The summed E-state index contributed by atoms with van der Waals surface area (Å²) < 4.78 is 10.7. The quantitative estimate of drug-likeness (QED) is 0.406. The molecule has 0 saturated heterocycles. The second-order valence-electron chi connectivity index (χ2n) is 5.35. The van der Waals surface area contributed by atoms with Crippen LogP contribution in [-0.2, 0) is 0 Å². The zero-order chi connectivity index (χ0) is 17.6. The molecule has 0 fully saturated rings. The van der Waals surface area contributed by atoms with Crippen molar-refractivity contribution < 1.29 is 57.4 Å². The van der Waals surface area contributed by atoms with E-state index < -0.39 is 0 Å². The number of benzene rings is 2. The van der Waals surface area contributed by atoms with Crippen molar-refractivity contribution in [1.29, 1.82) is 0 Å². The summed E-state index contributed by atoms with van der Waals surface area (Å²) in [5.74, 6) is 1.49. The third-order valence-corrected chi connectivity index (χ3v) is 3.16. The van der Waals surface area contributed by atoms with E-state index in [2.05, 4.69) is 13.8 Å². The average Bonchev–Trinajstić information content (AvgIpc) is 2.58. The number of ether oxygens (including phenoxy) is 2. The number of rotatable bonds is 8. The molecule has 2 aromatic rings. The van der Waals surface area contributed by atoms with Crippen LogP contribution in [0.1, 0.15) is 39.5 Å². The third kappa shape index (κ3) is 13.1. The molecule has 6 heteroatoms. The SMILES string of the molecule is CCCCOc1ccc([O-])cc1.CCCCOc1cccc([O-])c1.[Li+].[Li+]. The molecule has 0 saturated carbocycles. The van der Waals surface area contributed by atoms with E-state index in [1.807, 2.05) is 0 Å². The van der Waals surface area contributed by atoms with Gasteiger partial charge in [0.25, 0.3) is 0 Å². The van der Waals surface area contributed by atoms with Crippen molar-refractivity contribution in [3.05, 3.63) is 48.5 Å². The van der Waals surface area contributed by atoms with Gasteiger partial charge in [-0.2, -0.15) is 0 Å². The van der Waals surface area contributed by atoms with Gasteiger partial charge in [-0.15, -0.1) is 11.5 Å². The summed E-state index contributed by atoms with van der Waals surface area (Å²) in [6, 6.07) is 13.0. The molecule has 2 aromatic carbocycles. The Morgan fingerprint density at radius 1 is 0.692 bits per heavy atom. The predicted molar refractivity (Wildman–Crippen MR) is 92.6 cm³/mol. The molecule has 0 amide bonds. The summed E-state index contributed by atoms with van der Waals surface area (Å²) in [4.78, 5) is 0. The van der Waals surface area contributed by atoms with Crippen LogP contribution in [0.15, 0.2) is 48.5 Å². The minimum Gasteiger partial charge on any atom is -0.872 e. The molecule has 0 spiro atoms. The second-order valence-corrected chi connectivity index (χ2v) is 5.35. The molecule has 0 bridgehead atoms. The van der Waals surface area contributed by atoms with Gasteiger partial charge < -0.3 is 19.7 Å². The van der Waals surface area contributed by atoms with E-state index in [0.29, 0.717) is 12.4 Å². The summed E-state index contributed by atoms with van der Waals surface area (Å²) in [7, 11) is 0. The molecule has 0 unspecified atom stereocenters. The minimum atomic E-state index is 0. The van der Waals surface area contributed by atoms with Crippen molar-refractivity contribution >= 4 is 0 Å². The third-order valence-electron chi connectivity index (χ3n) is 3.16. The first-order valence-corrected chi connectivity index (χ1v) is 8.45. The molecule has 0 aromatic heterocycles. The van der Waals surface area contributed by atoms with E-state index in [0.717, 1.165) is 38.0 Å². The largest absolute Gasteiger partial charge is 1.00 e. The van der Waals surface area contributed by atoms with Crippen LogP contribution in [0.4, 0.5) is 0 Å². The van der Waals surface area contributed by atoms with Crippen LogP contribution in [0.5, 0.6) is 23.0 Å². The Bertz CT molecular complexity index is 562. The number of hydrogen-bond acceptors (Lipinski definition) is 4. The van der Waals surface area contributed by atoms with Crippen molar-refractivity contribution in [2.24, 2.45) is 0 Å². The Kier molecular flexibility index (Phi) is 18.0. The van der Waals surface area contributed by atoms with Crippen LogP contribution in [0.3, 0.4) is 0 Å². The van der Waals surface area contributed by atoms with Gasteiger partial charge in [0.05, 0.1) is 13.2 Å². The molecular weight excluding hydrogens is 318 g/mol. The monoisotopic (exact) mass is 344 g/mol. The topological polar surface area (TPSA) is 64.6 Å². The van der Waals surface area contributed by atoms with Gasteiger partial charge >= 0.3 is 37.7 Å². The fraction of sp³-hybridized carbons (Fsp3) is 0.400. The van der Waals surface area contributed by atoms with E-state index in [1.165, 1.54) is 24.3 Å². The van der Waals surface area contributed by atoms with Crippen LogP contribution < -0.4 is 57.4 Å². The molecule has 0 N–H and O–H groups in total. The van der Waals surface area contributed by atoms with E-state index in [1.54, 1.807) is 24.3 Å². The maximum absolute atomic E-state index is 10.8. The zero-order valence-corrected chi connectivity index (χ0v) is 16.5. The molecule has 0 aliphatic carbocycles. The predicted octanol–water partition coefficient (Wildman–Crippen LogP) is -2.11. The first-order valence-electron chi connectivity index (χ1n) is 8.45. The molecule has 0 aliphatic rings. The second kappa shape index (κ2) is 17.3. The van der Waals surface area contributed by atoms with Crippen molar-refractivity contribution in [3.8, 4) is 23.0 Å². The van der Waals surface area contributed by atoms with E-state index >= 15 is 0 Å². The first kappa shape index (κ1) is 27.1. The zero-order valence-electron chi connectivity index (χ0n) is 16.5. The smallest absolute Gasteiger partial charge is 0.872 e. The van der Waals surface area contributed by atoms with Crippen molar-refractivity contribution in [1.82, 2.24) is 0 Å². The standard InChI is InChI=1S/2C10H14O2.2Li/c1-2-3-8-12-10-6-4-9(11)5-7-10;1-2-3-7-12-10-6-4-5-9(11)8-10;;/h4-7,11H,2-3,8H2,1H3;4-6,8,11H,2-3,7H2,1H3;;/q;;2*+1/p-2. The van der Waals surface area contributed by atoms with Gasteiger partial charge in [0.2, 0.25) is 0 Å². The van der Waals surface area contributed by atoms with Gasteiger partial charge in [-0.05, 0) is 37.1 Å². The van der Waals surface area contributed by atoms with Gasteiger partial charge in [0, 0.05) is 0 Å². The van der Waals surface area contributed by atoms with Crippen LogP contribution >= 0.6 is 0 Å². The van der Waals surface area contributed by atoms with Gasteiger partial charge in [-0.25, -0.2) is 0 Å². The van der Waals surface area contributed by atoms with Gasteiger partial charge in [0.1, 0.15) is 11.5 Å². The van der Waals surface area contributed by atoms with E-state index in [-0.39, 0.29) is 49.2 Å². The van der Waals surface area contributed by atoms with Crippen molar-refractivity contribution in [2.75, 3.05) is 13.2 Å². The van der Waals surface area contributed by atoms with Gasteiger partial charge in [-0.3, -0.25) is 0 Å². The summed E-state index contributed by atoms with van der Waals surface area (Å²) in [6.45, 7) is 5.64. The van der Waals surface area contributed by atoms with Crippen molar-refractivity contribution in [3.63, 3.8) is 0 Å². The van der Waals surface area contributed by atoms with E-state index in [9.17, 15) is 10.2 Å². The molecule has 132 valence electrons. The molecule has 4 nitrogen and oxygen atoms in total. The van der Waals surface area contributed by atoms with Crippen LogP contribution in [-0.4, -0.2) is 13.2 Å². The Morgan fingerprint density at radius 2 is 1.23 bits per heavy atom. The maximum Gasteiger partial charge on any atom is 1.00 e. The molecule has 0 atom stereocenters. The molecule has 2 rings (SSSR count). The molecular formula is C20H26Li2O4. The Hall–Kier alpha value is -1.17. The normalized spacial score (nSPS) is 9.00. The summed E-state index contributed by atoms with van der Waals surface area (Å²) in [5.41, 5.74) is 0. The van der Waals surface area contributed by atoms with Crippen LogP contribution in [0, 0.1) is 0 Å². The molecule has 26 heavy (non-hydrogen) atoms. The first-order chi connectivity index (χ1) is 11.7. The van der Waals surface area contributed by atoms with E-state index in [4.69, 9.17) is 9.47 Å². The van der Waals surface area contributed by atoms with Crippen LogP contribution in [0.2, 0.25) is 0 Å².